The summed E-state index contributed by atoms with van der Waals surface area (Å²) in [6.45, 7) is 6.06. The van der Waals surface area contributed by atoms with Gasteiger partial charge >= 0.3 is 0 Å². The molecule has 6 heteroatoms. The van der Waals surface area contributed by atoms with Crippen molar-refractivity contribution < 1.29 is 9.53 Å². The summed E-state index contributed by atoms with van der Waals surface area (Å²) < 4.78 is 7.84. The Morgan fingerprint density at radius 2 is 2.12 bits per heavy atom. The molecule has 1 saturated heterocycles. The molecule has 1 fully saturated rings. The van der Waals surface area contributed by atoms with E-state index in [-0.39, 0.29) is 18.1 Å². The number of carbonyl (C=O) groups is 1. The SMILES string of the molecule is CCC1CN(C(=O)[C@@H](N)Cc2cn(Cc3ccccc3)cn2)CC(C)O1. The van der Waals surface area contributed by atoms with Crippen LogP contribution in [0.2, 0.25) is 0 Å². The van der Waals surface area contributed by atoms with Crippen molar-refractivity contribution in [3.05, 3.63) is 54.1 Å². The fraction of sp³-hybridized carbons (Fsp3) is 0.500. The molecule has 26 heavy (non-hydrogen) atoms. The zero-order valence-corrected chi connectivity index (χ0v) is 15.5. The van der Waals surface area contributed by atoms with Crippen molar-refractivity contribution in [2.45, 2.75) is 51.5 Å². The maximum atomic E-state index is 12.7. The van der Waals surface area contributed by atoms with E-state index in [1.807, 2.05) is 40.8 Å². The largest absolute Gasteiger partial charge is 0.372 e. The maximum absolute atomic E-state index is 12.7. The van der Waals surface area contributed by atoms with Crippen LogP contribution in [0.4, 0.5) is 0 Å². The second-order valence-electron chi connectivity index (χ2n) is 7.05. The van der Waals surface area contributed by atoms with Gasteiger partial charge in [-0.25, -0.2) is 4.98 Å². The monoisotopic (exact) mass is 356 g/mol. The number of imidazole rings is 1. The highest BCUT2D eigenvalue weighted by atomic mass is 16.5. The summed E-state index contributed by atoms with van der Waals surface area (Å²) in [5, 5.41) is 0. The minimum atomic E-state index is -0.571. The van der Waals surface area contributed by atoms with Gasteiger partial charge in [-0.3, -0.25) is 4.79 Å². The van der Waals surface area contributed by atoms with Gasteiger partial charge in [-0.1, -0.05) is 37.3 Å². The van der Waals surface area contributed by atoms with Gasteiger partial charge in [0.05, 0.1) is 30.3 Å². The van der Waals surface area contributed by atoms with Crippen molar-refractivity contribution in [2.75, 3.05) is 13.1 Å². The number of morpholine rings is 1. The molecule has 3 rings (SSSR count). The average Bonchev–Trinajstić information content (AvgIpc) is 3.08. The molecule has 2 unspecified atom stereocenters. The molecule has 6 nitrogen and oxygen atoms in total. The lowest BCUT2D eigenvalue weighted by Gasteiger charge is -2.37. The Morgan fingerprint density at radius 1 is 1.35 bits per heavy atom. The first-order valence-electron chi connectivity index (χ1n) is 9.29. The summed E-state index contributed by atoms with van der Waals surface area (Å²) in [5.41, 5.74) is 8.25. The fourth-order valence-corrected chi connectivity index (χ4v) is 3.39. The normalized spacial score (nSPS) is 21.6. The van der Waals surface area contributed by atoms with Crippen molar-refractivity contribution in [3.63, 3.8) is 0 Å². The number of rotatable bonds is 6. The van der Waals surface area contributed by atoms with Crippen LogP contribution in [-0.2, 0) is 22.5 Å². The molecule has 0 spiro atoms. The third kappa shape index (κ3) is 4.71. The van der Waals surface area contributed by atoms with Gasteiger partial charge in [0.25, 0.3) is 0 Å². The van der Waals surface area contributed by atoms with Crippen LogP contribution in [-0.4, -0.2) is 51.7 Å². The highest BCUT2D eigenvalue weighted by Crippen LogP contribution is 2.15. The number of carbonyl (C=O) groups excluding carboxylic acids is 1. The first-order valence-corrected chi connectivity index (χ1v) is 9.29. The number of benzene rings is 1. The lowest BCUT2D eigenvalue weighted by Crippen LogP contribution is -2.54. The van der Waals surface area contributed by atoms with E-state index < -0.39 is 6.04 Å². The Kier molecular flexibility index (Phi) is 6.06. The van der Waals surface area contributed by atoms with Crippen molar-refractivity contribution in [3.8, 4) is 0 Å². The quantitative estimate of drug-likeness (QED) is 0.857. The molecule has 0 aliphatic carbocycles. The lowest BCUT2D eigenvalue weighted by atomic mass is 10.1. The number of hydrogen-bond donors (Lipinski definition) is 1. The molecule has 1 aliphatic rings. The summed E-state index contributed by atoms with van der Waals surface area (Å²) in [4.78, 5) is 19.0. The second-order valence-corrected chi connectivity index (χ2v) is 7.05. The summed E-state index contributed by atoms with van der Waals surface area (Å²) >= 11 is 0. The van der Waals surface area contributed by atoms with Gasteiger partial charge in [0.2, 0.25) is 5.91 Å². The van der Waals surface area contributed by atoms with Crippen LogP contribution >= 0.6 is 0 Å². The summed E-state index contributed by atoms with van der Waals surface area (Å²) in [7, 11) is 0. The third-order valence-electron chi connectivity index (χ3n) is 4.73. The van der Waals surface area contributed by atoms with Crippen LogP contribution in [0.1, 0.15) is 31.5 Å². The number of hydrogen-bond acceptors (Lipinski definition) is 4. The molecule has 1 aromatic heterocycles. The zero-order valence-electron chi connectivity index (χ0n) is 15.5. The predicted molar refractivity (Wildman–Crippen MR) is 101 cm³/mol. The second kappa shape index (κ2) is 8.47. The molecule has 0 bridgehead atoms. The minimum absolute atomic E-state index is 0.0174. The number of ether oxygens (including phenoxy) is 1. The van der Waals surface area contributed by atoms with Crippen molar-refractivity contribution in [2.24, 2.45) is 5.73 Å². The van der Waals surface area contributed by atoms with Gasteiger partial charge < -0.3 is 19.9 Å². The van der Waals surface area contributed by atoms with Gasteiger partial charge in [0, 0.05) is 32.3 Å². The molecule has 0 radical (unpaired) electrons. The smallest absolute Gasteiger partial charge is 0.240 e. The van der Waals surface area contributed by atoms with Crippen LogP contribution in [0.15, 0.2) is 42.9 Å². The zero-order chi connectivity index (χ0) is 18.5. The standard InChI is InChI=1S/C20H28N4O2/c1-3-18-13-24(10-15(2)26-18)20(25)19(21)9-17-12-23(14-22-17)11-16-7-5-4-6-8-16/h4-8,12,14-15,18-19H,3,9-11,13,21H2,1-2H3/t15?,18?,19-/m0/s1. The minimum Gasteiger partial charge on any atom is -0.372 e. The van der Waals surface area contributed by atoms with Crippen LogP contribution in [0, 0.1) is 0 Å². The van der Waals surface area contributed by atoms with E-state index in [9.17, 15) is 4.79 Å². The number of aromatic nitrogens is 2. The van der Waals surface area contributed by atoms with E-state index in [2.05, 4.69) is 24.0 Å². The summed E-state index contributed by atoms with van der Waals surface area (Å²) in [5.74, 6) is -0.0174. The predicted octanol–water partition coefficient (Wildman–Crippen LogP) is 1.83. The Balaban J connectivity index is 1.57. The Morgan fingerprint density at radius 3 is 2.85 bits per heavy atom. The molecule has 2 heterocycles. The third-order valence-corrected chi connectivity index (χ3v) is 4.73. The molecular formula is C20H28N4O2. The van der Waals surface area contributed by atoms with E-state index in [4.69, 9.17) is 10.5 Å². The molecule has 2 aromatic rings. The molecule has 3 atom stereocenters. The number of nitrogens with two attached hydrogens (primary N) is 1. The molecule has 1 amide bonds. The Hall–Kier alpha value is -2.18. The molecular weight excluding hydrogens is 328 g/mol. The van der Waals surface area contributed by atoms with Gasteiger partial charge in [-0.15, -0.1) is 0 Å². The first kappa shape index (κ1) is 18.6. The van der Waals surface area contributed by atoms with Gasteiger partial charge in [0.15, 0.2) is 0 Å². The summed E-state index contributed by atoms with van der Waals surface area (Å²) in [6, 6.07) is 9.64. The molecule has 1 aliphatic heterocycles. The topological polar surface area (TPSA) is 73.4 Å². The van der Waals surface area contributed by atoms with Crippen LogP contribution in [0.3, 0.4) is 0 Å². The average molecular weight is 356 g/mol. The van der Waals surface area contributed by atoms with Gasteiger partial charge in [-0.05, 0) is 18.9 Å². The number of amides is 1. The number of nitrogens with zero attached hydrogens (tertiary/aromatic N) is 3. The Labute approximate surface area is 155 Å². The van der Waals surface area contributed by atoms with Crippen LogP contribution < -0.4 is 5.73 Å². The molecule has 0 saturated carbocycles. The van der Waals surface area contributed by atoms with Crippen LogP contribution in [0.5, 0.6) is 0 Å². The lowest BCUT2D eigenvalue weighted by molar-refractivity contribution is -0.145. The summed E-state index contributed by atoms with van der Waals surface area (Å²) in [6.07, 6.45) is 5.26. The molecule has 1 aromatic carbocycles. The molecule has 140 valence electrons. The van der Waals surface area contributed by atoms with Crippen molar-refractivity contribution in [1.82, 2.24) is 14.5 Å². The maximum Gasteiger partial charge on any atom is 0.240 e. The Bertz CT molecular complexity index is 716. The van der Waals surface area contributed by atoms with E-state index in [0.717, 1.165) is 18.7 Å². The van der Waals surface area contributed by atoms with Gasteiger partial charge in [0.1, 0.15) is 0 Å². The fourth-order valence-electron chi connectivity index (χ4n) is 3.39. The van der Waals surface area contributed by atoms with Crippen molar-refractivity contribution >= 4 is 5.91 Å². The van der Waals surface area contributed by atoms with E-state index >= 15 is 0 Å². The van der Waals surface area contributed by atoms with E-state index in [1.54, 1.807) is 6.33 Å². The van der Waals surface area contributed by atoms with Crippen LogP contribution in [0.25, 0.3) is 0 Å². The first-order chi connectivity index (χ1) is 12.5. The van der Waals surface area contributed by atoms with Crippen molar-refractivity contribution in [1.29, 1.82) is 0 Å². The highest BCUT2D eigenvalue weighted by molar-refractivity contribution is 5.82. The van der Waals surface area contributed by atoms with Gasteiger partial charge in [-0.2, -0.15) is 0 Å². The van der Waals surface area contributed by atoms with E-state index in [1.165, 1.54) is 5.56 Å². The van der Waals surface area contributed by atoms with E-state index in [0.29, 0.717) is 19.5 Å². The molecule has 2 N–H and O–H groups in total. The highest BCUT2D eigenvalue weighted by Gasteiger charge is 2.30.